The molecule has 2 aromatic heterocycles. The number of carboxylic acids is 1. The molecule has 100 valence electrons. The van der Waals surface area contributed by atoms with Gasteiger partial charge in [0.1, 0.15) is 0 Å². The number of benzene rings is 1. The molecule has 0 unspecified atom stereocenters. The third kappa shape index (κ3) is 2.12. The normalized spacial score (nSPS) is 10.8. The van der Waals surface area contributed by atoms with Crippen LogP contribution in [0.5, 0.6) is 0 Å². The van der Waals surface area contributed by atoms with Gasteiger partial charge in [-0.2, -0.15) is 11.3 Å². The molecule has 5 heteroatoms. The van der Waals surface area contributed by atoms with E-state index in [1.54, 1.807) is 40.2 Å². The Labute approximate surface area is 118 Å². The quantitative estimate of drug-likeness (QED) is 0.805. The highest BCUT2D eigenvalue weighted by Gasteiger charge is 2.13. The molecule has 0 aliphatic carbocycles. The third-order valence-corrected chi connectivity index (χ3v) is 3.90. The van der Waals surface area contributed by atoms with Crippen molar-refractivity contribution in [2.45, 2.75) is 6.54 Å². The first-order chi connectivity index (χ1) is 9.66. The van der Waals surface area contributed by atoms with E-state index in [4.69, 9.17) is 0 Å². The van der Waals surface area contributed by atoms with Gasteiger partial charge in [-0.1, -0.05) is 18.2 Å². The molecule has 1 N–H and O–H groups in total. The van der Waals surface area contributed by atoms with Crippen molar-refractivity contribution in [1.82, 2.24) is 4.57 Å². The molecule has 2 heterocycles. The van der Waals surface area contributed by atoms with Crippen molar-refractivity contribution >= 4 is 28.2 Å². The monoisotopic (exact) mass is 285 g/mol. The molecule has 0 bridgehead atoms. The van der Waals surface area contributed by atoms with Crippen LogP contribution < -0.4 is 5.56 Å². The summed E-state index contributed by atoms with van der Waals surface area (Å²) in [7, 11) is 0. The first-order valence-electron chi connectivity index (χ1n) is 6.04. The van der Waals surface area contributed by atoms with Crippen LogP contribution in [0, 0.1) is 0 Å². The van der Waals surface area contributed by atoms with Gasteiger partial charge in [0.05, 0.1) is 17.6 Å². The Hall–Kier alpha value is -2.40. The molecule has 20 heavy (non-hydrogen) atoms. The number of carbonyl (C=O) groups is 1. The third-order valence-electron chi connectivity index (χ3n) is 3.17. The zero-order chi connectivity index (χ0) is 14.1. The van der Waals surface area contributed by atoms with Gasteiger partial charge in [-0.3, -0.25) is 4.79 Å². The number of rotatable bonds is 3. The van der Waals surface area contributed by atoms with Crippen LogP contribution in [0.1, 0.15) is 15.9 Å². The van der Waals surface area contributed by atoms with Gasteiger partial charge in [0.2, 0.25) is 0 Å². The van der Waals surface area contributed by atoms with Crippen LogP contribution in [0.4, 0.5) is 0 Å². The molecule has 0 atom stereocenters. The lowest BCUT2D eigenvalue weighted by Gasteiger charge is -2.11. The Morgan fingerprint density at radius 2 is 2.05 bits per heavy atom. The van der Waals surface area contributed by atoms with Crippen molar-refractivity contribution in [3.8, 4) is 0 Å². The maximum Gasteiger partial charge on any atom is 0.336 e. The van der Waals surface area contributed by atoms with Crippen molar-refractivity contribution in [1.29, 1.82) is 0 Å². The number of fused-ring (bicyclic) bond motifs is 1. The maximum atomic E-state index is 12.2. The summed E-state index contributed by atoms with van der Waals surface area (Å²) < 4.78 is 1.60. The Morgan fingerprint density at radius 3 is 2.75 bits per heavy atom. The Morgan fingerprint density at radius 1 is 1.25 bits per heavy atom. The number of pyridine rings is 1. The van der Waals surface area contributed by atoms with Crippen LogP contribution in [0.15, 0.2) is 52.0 Å². The largest absolute Gasteiger partial charge is 0.478 e. The Kier molecular flexibility index (Phi) is 3.12. The number of aromatic nitrogens is 1. The van der Waals surface area contributed by atoms with E-state index in [1.807, 2.05) is 16.8 Å². The lowest BCUT2D eigenvalue weighted by molar-refractivity contribution is 0.0698. The number of aromatic carboxylic acids is 1. The van der Waals surface area contributed by atoms with Gasteiger partial charge in [0, 0.05) is 11.5 Å². The average Bonchev–Trinajstić information content (AvgIpc) is 2.94. The smallest absolute Gasteiger partial charge is 0.336 e. The second-order valence-corrected chi connectivity index (χ2v) is 5.22. The van der Waals surface area contributed by atoms with Gasteiger partial charge in [-0.05, 0) is 28.5 Å². The summed E-state index contributed by atoms with van der Waals surface area (Å²) in [6.07, 6.45) is 0. The number of carboxylic acid groups (broad SMARTS) is 1. The fraction of sp³-hybridized carbons (Fsp3) is 0.0667. The SMILES string of the molecule is O=C(O)c1cc(=O)n(Cc2ccsc2)c2ccccc12. The molecule has 0 saturated carbocycles. The molecule has 3 rings (SSSR count). The minimum atomic E-state index is -1.08. The summed E-state index contributed by atoms with van der Waals surface area (Å²) >= 11 is 1.57. The molecule has 3 aromatic rings. The predicted octanol–water partition coefficient (Wildman–Crippen LogP) is 2.81. The van der Waals surface area contributed by atoms with Crippen LogP contribution >= 0.6 is 11.3 Å². The average molecular weight is 285 g/mol. The fourth-order valence-corrected chi connectivity index (χ4v) is 2.90. The van der Waals surface area contributed by atoms with Crippen LogP contribution in [-0.2, 0) is 6.54 Å². The zero-order valence-corrected chi connectivity index (χ0v) is 11.3. The van der Waals surface area contributed by atoms with Crippen LogP contribution in [0.3, 0.4) is 0 Å². The first kappa shape index (κ1) is 12.6. The molecule has 0 saturated heterocycles. The number of hydrogen-bond donors (Lipinski definition) is 1. The van der Waals surface area contributed by atoms with Gasteiger partial charge < -0.3 is 9.67 Å². The van der Waals surface area contributed by atoms with Gasteiger partial charge in [0.25, 0.3) is 5.56 Å². The molecular formula is C15H11NO3S. The van der Waals surface area contributed by atoms with Gasteiger partial charge in [0.15, 0.2) is 0 Å². The molecule has 0 fully saturated rings. The van der Waals surface area contributed by atoms with Crippen LogP contribution in [0.2, 0.25) is 0 Å². The molecule has 0 aliphatic rings. The second-order valence-electron chi connectivity index (χ2n) is 4.44. The Bertz CT molecular complexity index is 834. The van der Waals surface area contributed by atoms with E-state index in [9.17, 15) is 14.7 Å². The summed E-state index contributed by atoms with van der Waals surface area (Å²) in [5.41, 5.74) is 1.42. The van der Waals surface area contributed by atoms with E-state index in [1.165, 1.54) is 6.07 Å². The lowest BCUT2D eigenvalue weighted by atomic mass is 10.1. The van der Waals surface area contributed by atoms with Crippen molar-refractivity contribution in [2.75, 3.05) is 0 Å². The fourth-order valence-electron chi connectivity index (χ4n) is 2.24. The number of para-hydroxylation sites is 1. The number of hydrogen-bond acceptors (Lipinski definition) is 3. The standard InChI is InChI=1S/C15H11NO3S/c17-14-7-12(15(18)19)11-3-1-2-4-13(11)16(14)8-10-5-6-20-9-10/h1-7,9H,8H2,(H,18,19). The van der Waals surface area contributed by atoms with E-state index in [0.29, 0.717) is 17.4 Å². The summed E-state index contributed by atoms with van der Waals surface area (Å²) in [6.45, 7) is 0.447. The minimum Gasteiger partial charge on any atom is -0.478 e. The highest BCUT2D eigenvalue weighted by molar-refractivity contribution is 7.07. The Balaban J connectivity index is 2.27. The molecule has 0 spiro atoms. The van der Waals surface area contributed by atoms with E-state index in [2.05, 4.69) is 0 Å². The minimum absolute atomic E-state index is 0.0483. The van der Waals surface area contributed by atoms with E-state index >= 15 is 0 Å². The summed E-state index contributed by atoms with van der Waals surface area (Å²) in [6, 6.07) is 10.2. The maximum absolute atomic E-state index is 12.2. The van der Waals surface area contributed by atoms with E-state index in [0.717, 1.165) is 5.56 Å². The van der Waals surface area contributed by atoms with Gasteiger partial charge in [-0.25, -0.2) is 4.79 Å². The second kappa shape index (κ2) is 4.94. The topological polar surface area (TPSA) is 59.3 Å². The molecule has 1 aromatic carbocycles. The molecule has 0 amide bonds. The van der Waals surface area contributed by atoms with Crippen molar-refractivity contribution in [3.63, 3.8) is 0 Å². The van der Waals surface area contributed by atoms with Gasteiger partial charge in [-0.15, -0.1) is 0 Å². The summed E-state index contributed by atoms with van der Waals surface area (Å²) in [4.78, 5) is 23.4. The zero-order valence-electron chi connectivity index (χ0n) is 10.4. The predicted molar refractivity (Wildman–Crippen MR) is 78.6 cm³/mol. The highest BCUT2D eigenvalue weighted by Crippen LogP contribution is 2.18. The molecule has 0 aliphatic heterocycles. The summed E-state index contributed by atoms with van der Waals surface area (Å²) in [5, 5.41) is 13.7. The van der Waals surface area contributed by atoms with E-state index in [-0.39, 0.29) is 11.1 Å². The van der Waals surface area contributed by atoms with Crippen molar-refractivity contribution in [3.05, 3.63) is 68.6 Å². The first-order valence-corrected chi connectivity index (χ1v) is 6.98. The molecule has 4 nitrogen and oxygen atoms in total. The van der Waals surface area contributed by atoms with Crippen LogP contribution in [0.25, 0.3) is 10.9 Å². The number of thiophene rings is 1. The van der Waals surface area contributed by atoms with Crippen LogP contribution in [-0.4, -0.2) is 15.6 Å². The highest BCUT2D eigenvalue weighted by atomic mass is 32.1. The summed E-state index contributed by atoms with van der Waals surface area (Å²) in [5.74, 6) is -1.08. The number of nitrogens with zero attached hydrogens (tertiary/aromatic N) is 1. The van der Waals surface area contributed by atoms with E-state index < -0.39 is 5.97 Å². The van der Waals surface area contributed by atoms with Crippen molar-refractivity contribution < 1.29 is 9.90 Å². The lowest BCUT2D eigenvalue weighted by Crippen LogP contribution is -2.22. The van der Waals surface area contributed by atoms with Gasteiger partial charge >= 0.3 is 5.97 Å². The van der Waals surface area contributed by atoms with Crippen molar-refractivity contribution in [2.24, 2.45) is 0 Å². The molecule has 0 radical (unpaired) electrons. The molecular weight excluding hydrogens is 274 g/mol.